The van der Waals surface area contributed by atoms with E-state index in [9.17, 15) is 9.59 Å². The molecule has 1 atom stereocenters. The average Bonchev–Trinajstić information content (AvgIpc) is 3.20. The molecule has 1 aliphatic heterocycles. The molecule has 3 rings (SSSR count). The zero-order chi connectivity index (χ0) is 18.1. The minimum absolute atomic E-state index is 0.0462. The van der Waals surface area contributed by atoms with Crippen LogP contribution in [-0.2, 0) is 11.3 Å². The summed E-state index contributed by atoms with van der Waals surface area (Å²) in [6, 6.07) is 0. The van der Waals surface area contributed by atoms with Crippen LogP contribution in [0.3, 0.4) is 0 Å². The molecule has 5 nitrogen and oxygen atoms in total. The fraction of sp³-hybridized carbons (Fsp3) is 0.500. The molecule has 0 aromatic carbocycles. The van der Waals surface area contributed by atoms with Crippen molar-refractivity contribution in [3.8, 4) is 0 Å². The molecule has 1 saturated heterocycles. The van der Waals surface area contributed by atoms with E-state index in [4.69, 9.17) is 4.98 Å². The number of hydrogen-bond donors (Lipinski definition) is 0. The smallest absolute Gasteiger partial charge is 0.263 e. The maximum atomic E-state index is 13.0. The molecule has 2 aromatic heterocycles. The second-order valence-corrected chi connectivity index (χ2v) is 8.87. The largest absolute Gasteiger partial charge is 0.342 e. The summed E-state index contributed by atoms with van der Waals surface area (Å²) in [5.74, 6) is 0.125. The first kappa shape index (κ1) is 18.2. The van der Waals surface area contributed by atoms with E-state index >= 15 is 0 Å². The summed E-state index contributed by atoms with van der Waals surface area (Å²) in [4.78, 5) is 34.0. The fourth-order valence-electron chi connectivity index (χ4n) is 3.09. The van der Waals surface area contributed by atoms with Crippen molar-refractivity contribution < 1.29 is 4.79 Å². The molecule has 1 amide bonds. The Kier molecular flexibility index (Phi) is 5.34. The quantitative estimate of drug-likeness (QED) is 0.455. The highest BCUT2D eigenvalue weighted by Crippen LogP contribution is 2.30. The van der Waals surface area contributed by atoms with Gasteiger partial charge >= 0.3 is 0 Å². The lowest BCUT2D eigenvalue weighted by atomic mass is 10.2. The number of thioether (sulfide) groups is 1. The Hall–Kier alpha value is -1.60. The van der Waals surface area contributed by atoms with E-state index in [1.165, 1.54) is 23.1 Å². The number of allylic oxidation sites excluding steroid dienone is 1. The number of aromatic nitrogens is 2. The minimum atomic E-state index is -0.263. The molecule has 0 bridgehead atoms. The normalized spacial score (nSPS) is 15.7. The van der Waals surface area contributed by atoms with Crippen LogP contribution in [0.1, 0.15) is 30.2 Å². The van der Waals surface area contributed by atoms with Crippen molar-refractivity contribution in [3.05, 3.63) is 33.4 Å². The number of nitrogens with zero attached hydrogens (tertiary/aromatic N) is 3. The molecule has 1 fully saturated rings. The van der Waals surface area contributed by atoms with Gasteiger partial charge in [-0.2, -0.15) is 0 Å². The Morgan fingerprint density at radius 1 is 1.40 bits per heavy atom. The number of hydrogen-bond acceptors (Lipinski definition) is 5. The fourth-order valence-corrected chi connectivity index (χ4v) is 5.16. The maximum Gasteiger partial charge on any atom is 0.263 e. The summed E-state index contributed by atoms with van der Waals surface area (Å²) >= 11 is 2.90. The molecule has 1 aliphatic rings. The lowest BCUT2D eigenvalue weighted by Crippen LogP contribution is -2.34. The van der Waals surface area contributed by atoms with Crippen LogP contribution in [0.15, 0.2) is 22.6 Å². The Labute approximate surface area is 155 Å². The van der Waals surface area contributed by atoms with Crippen LogP contribution in [0, 0.1) is 13.8 Å². The van der Waals surface area contributed by atoms with E-state index < -0.39 is 0 Å². The molecule has 0 aliphatic carbocycles. The molecule has 2 aromatic rings. The van der Waals surface area contributed by atoms with Gasteiger partial charge in [0, 0.05) is 24.5 Å². The van der Waals surface area contributed by atoms with Crippen LogP contribution in [0.4, 0.5) is 0 Å². The van der Waals surface area contributed by atoms with Gasteiger partial charge in [0.2, 0.25) is 5.91 Å². The van der Waals surface area contributed by atoms with E-state index in [1.807, 2.05) is 25.7 Å². The van der Waals surface area contributed by atoms with Gasteiger partial charge in [0.05, 0.1) is 10.6 Å². The summed E-state index contributed by atoms with van der Waals surface area (Å²) in [6.07, 6.45) is 3.84. The van der Waals surface area contributed by atoms with Gasteiger partial charge < -0.3 is 4.90 Å². The molecule has 0 radical (unpaired) electrons. The van der Waals surface area contributed by atoms with Crippen molar-refractivity contribution in [3.63, 3.8) is 0 Å². The molecular formula is C18H23N3O2S2. The lowest BCUT2D eigenvalue weighted by Gasteiger charge is -2.20. The molecule has 7 heteroatoms. The van der Waals surface area contributed by atoms with Gasteiger partial charge in [0.15, 0.2) is 5.16 Å². The molecule has 0 saturated carbocycles. The molecule has 0 unspecified atom stereocenters. The third-order valence-electron chi connectivity index (χ3n) is 4.61. The Bertz CT molecular complexity index is 879. The highest BCUT2D eigenvalue weighted by atomic mass is 32.2. The SMILES string of the molecule is C=CCn1c(S[C@H](C)C(=O)N2CCCC2)nc2sc(C)c(C)c2c1=O. The van der Waals surface area contributed by atoms with Crippen LogP contribution in [0.25, 0.3) is 10.2 Å². The van der Waals surface area contributed by atoms with E-state index in [0.717, 1.165) is 41.2 Å². The van der Waals surface area contributed by atoms with Crippen molar-refractivity contribution >= 4 is 39.2 Å². The molecule has 0 spiro atoms. The van der Waals surface area contributed by atoms with E-state index in [-0.39, 0.29) is 16.7 Å². The van der Waals surface area contributed by atoms with E-state index in [1.54, 1.807) is 10.6 Å². The maximum absolute atomic E-state index is 13.0. The second-order valence-electron chi connectivity index (χ2n) is 6.35. The third kappa shape index (κ3) is 3.40. The predicted octanol–water partition coefficient (Wildman–Crippen LogP) is 3.36. The zero-order valence-electron chi connectivity index (χ0n) is 14.9. The Morgan fingerprint density at radius 3 is 2.72 bits per heavy atom. The Balaban J connectivity index is 1.99. The molecule has 134 valence electrons. The molecular weight excluding hydrogens is 354 g/mol. The topological polar surface area (TPSA) is 55.2 Å². The van der Waals surface area contributed by atoms with Gasteiger partial charge in [0.25, 0.3) is 5.56 Å². The second kappa shape index (κ2) is 7.33. The van der Waals surface area contributed by atoms with Gasteiger partial charge in [0.1, 0.15) is 4.83 Å². The van der Waals surface area contributed by atoms with Crippen molar-refractivity contribution in [2.24, 2.45) is 0 Å². The summed E-state index contributed by atoms with van der Waals surface area (Å²) in [6.45, 7) is 11.7. The number of aryl methyl sites for hydroxylation is 2. The summed E-state index contributed by atoms with van der Waals surface area (Å²) < 4.78 is 1.63. The van der Waals surface area contributed by atoms with Gasteiger partial charge in [-0.05, 0) is 39.2 Å². The predicted molar refractivity (Wildman–Crippen MR) is 105 cm³/mol. The van der Waals surface area contributed by atoms with Crippen molar-refractivity contribution in [1.29, 1.82) is 0 Å². The minimum Gasteiger partial charge on any atom is -0.342 e. The van der Waals surface area contributed by atoms with E-state index in [2.05, 4.69) is 6.58 Å². The number of rotatable bonds is 5. The molecule has 3 heterocycles. The van der Waals surface area contributed by atoms with E-state index in [0.29, 0.717) is 17.1 Å². The lowest BCUT2D eigenvalue weighted by molar-refractivity contribution is -0.129. The van der Waals surface area contributed by atoms with Crippen molar-refractivity contribution in [2.45, 2.75) is 50.6 Å². The number of carbonyl (C=O) groups is 1. The zero-order valence-corrected chi connectivity index (χ0v) is 16.5. The monoisotopic (exact) mass is 377 g/mol. The van der Waals surface area contributed by atoms with Crippen LogP contribution in [0.2, 0.25) is 0 Å². The number of likely N-dealkylation sites (tertiary alicyclic amines) is 1. The Morgan fingerprint density at radius 2 is 2.08 bits per heavy atom. The van der Waals surface area contributed by atoms with Gasteiger partial charge in [-0.25, -0.2) is 4.98 Å². The van der Waals surface area contributed by atoms with Crippen molar-refractivity contribution in [1.82, 2.24) is 14.5 Å². The highest BCUT2D eigenvalue weighted by Gasteiger charge is 2.26. The molecule has 25 heavy (non-hydrogen) atoms. The first-order chi connectivity index (χ1) is 11.9. The van der Waals surface area contributed by atoms with Crippen LogP contribution in [-0.4, -0.2) is 38.7 Å². The number of amides is 1. The number of carbonyl (C=O) groups excluding carboxylic acids is 1. The molecule has 0 N–H and O–H groups in total. The van der Waals surface area contributed by atoms with Crippen LogP contribution >= 0.6 is 23.1 Å². The third-order valence-corrected chi connectivity index (χ3v) is 6.79. The first-order valence-corrected chi connectivity index (χ1v) is 10.2. The average molecular weight is 378 g/mol. The number of thiophene rings is 1. The van der Waals surface area contributed by atoms with Crippen molar-refractivity contribution in [2.75, 3.05) is 13.1 Å². The van der Waals surface area contributed by atoms with Crippen LogP contribution in [0.5, 0.6) is 0 Å². The number of fused-ring (bicyclic) bond motifs is 1. The summed E-state index contributed by atoms with van der Waals surface area (Å²) in [5, 5.41) is 1.02. The van der Waals surface area contributed by atoms with Gasteiger partial charge in [-0.15, -0.1) is 17.9 Å². The highest BCUT2D eigenvalue weighted by molar-refractivity contribution is 8.00. The van der Waals surface area contributed by atoms with Gasteiger partial charge in [-0.3, -0.25) is 14.2 Å². The summed E-state index contributed by atoms with van der Waals surface area (Å²) in [5.41, 5.74) is 0.947. The van der Waals surface area contributed by atoms with Crippen LogP contribution < -0.4 is 5.56 Å². The standard InChI is InChI=1S/C18H23N3O2S2/c1-5-8-21-17(23)14-11(2)12(3)24-15(14)19-18(21)25-13(4)16(22)20-9-6-7-10-20/h5,13H,1,6-10H2,2-4H3/t13-/m1/s1. The summed E-state index contributed by atoms with van der Waals surface area (Å²) in [7, 11) is 0. The first-order valence-electron chi connectivity index (χ1n) is 8.51. The van der Waals surface area contributed by atoms with Gasteiger partial charge in [-0.1, -0.05) is 17.8 Å².